The summed E-state index contributed by atoms with van der Waals surface area (Å²) in [5, 5.41) is 0. The zero-order chi connectivity index (χ0) is 8.23. The van der Waals surface area contributed by atoms with Crippen LogP contribution in [-0.2, 0) is 6.54 Å². The molecule has 1 heterocycles. The monoisotopic (exact) mass is 178 g/mol. The van der Waals surface area contributed by atoms with Crippen LogP contribution in [0.1, 0.15) is 5.56 Å². The van der Waals surface area contributed by atoms with Gasteiger partial charge in [-0.25, -0.2) is 0 Å². The van der Waals surface area contributed by atoms with E-state index in [2.05, 4.69) is 33.3 Å². The van der Waals surface area contributed by atoms with E-state index in [1.165, 1.54) is 5.56 Å². The molecule has 0 radical (unpaired) electrons. The first-order valence-electron chi connectivity index (χ1n) is 3.85. The van der Waals surface area contributed by atoms with Crippen LogP contribution in [0.25, 0.3) is 0 Å². The molecule has 1 aromatic rings. The Morgan fingerprint density at radius 2 is 2.08 bits per heavy atom. The van der Waals surface area contributed by atoms with Crippen molar-refractivity contribution in [1.29, 1.82) is 0 Å². The third kappa shape index (κ3) is 1.74. The minimum Gasteiger partial charge on any atom is -0.317 e. The Morgan fingerprint density at radius 3 is 2.75 bits per heavy atom. The molecule has 2 rings (SSSR count). The van der Waals surface area contributed by atoms with E-state index in [1.54, 1.807) is 12.1 Å². The van der Waals surface area contributed by atoms with E-state index < -0.39 is 0 Å². The van der Waals surface area contributed by atoms with Crippen LogP contribution in [0.3, 0.4) is 0 Å². The highest BCUT2D eigenvalue weighted by Crippen LogP contribution is 2.16. The van der Waals surface area contributed by atoms with Gasteiger partial charge in [-0.2, -0.15) is 0 Å². The second-order valence-electron chi connectivity index (χ2n) is 2.59. The maximum atomic E-state index is 3.05. The van der Waals surface area contributed by atoms with E-state index in [4.69, 9.17) is 0 Å². The van der Waals surface area contributed by atoms with Crippen molar-refractivity contribution in [2.45, 2.75) is 6.54 Å². The Balaban J connectivity index is 1.99. The maximum Gasteiger partial charge on any atom is 0.0678 e. The molecule has 12 heavy (non-hydrogen) atoms. The molecule has 0 amide bonds. The molecule has 1 aliphatic heterocycles. The Hall–Kier alpha value is -1.09. The molecule has 2 nitrogen and oxygen atoms in total. The average molecular weight is 178 g/mol. The summed E-state index contributed by atoms with van der Waals surface area (Å²) >= 11 is 1.61. The van der Waals surface area contributed by atoms with Gasteiger partial charge in [0, 0.05) is 12.4 Å². The number of benzene rings is 1. The van der Waals surface area contributed by atoms with E-state index in [0.29, 0.717) is 0 Å². The zero-order valence-corrected chi connectivity index (χ0v) is 7.42. The lowest BCUT2D eigenvalue weighted by atomic mass is 10.2. The van der Waals surface area contributed by atoms with Gasteiger partial charge >= 0.3 is 0 Å². The minimum atomic E-state index is 0.953. The first-order valence-corrected chi connectivity index (χ1v) is 4.62. The van der Waals surface area contributed by atoms with Crippen molar-refractivity contribution in [3.8, 4) is 0 Å². The molecular weight excluding hydrogens is 168 g/mol. The number of hydrogen-bond donors (Lipinski definition) is 1. The topological polar surface area (TPSA) is 15.3 Å². The molecule has 0 saturated carbocycles. The van der Waals surface area contributed by atoms with Crippen LogP contribution in [-0.4, -0.2) is 4.31 Å². The Kier molecular flexibility index (Phi) is 2.23. The quantitative estimate of drug-likeness (QED) is 0.698. The van der Waals surface area contributed by atoms with Crippen molar-refractivity contribution in [3.05, 3.63) is 48.3 Å². The van der Waals surface area contributed by atoms with Crippen molar-refractivity contribution in [3.63, 3.8) is 0 Å². The average Bonchev–Trinajstić information content (AvgIpc) is 2.59. The molecule has 0 saturated heterocycles. The van der Waals surface area contributed by atoms with Crippen LogP contribution < -0.4 is 4.72 Å². The van der Waals surface area contributed by atoms with Gasteiger partial charge in [0.15, 0.2) is 0 Å². The predicted octanol–water partition coefficient (Wildman–Crippen LogP) is 2.13. The summed E-state index contributed by atoms with van der Waals surface area (Å²) in [5.74, 6) is 0. The lowest BCUT2D eigenvalue weighted by Crippen LogP contribution is -2.05. The van der Waals surface area contributed by atoms with Gasteiger partial charge in [0.1, 0.15) is 0 Å². The van der Waals surface area contributed by atoms with Crippen LogP contribution in [0, 0.1) is 0 Å². The summed E-state index contributed by atoms with van der Waals surface area (Å²) in [6.07, 6.45) is 3.98. The fourth-order valence-corrected chi connectivity index (χ4v) is 1.68. The van der Waals surface area contributed by atoms with Gasteiger partial charge in [-0.3, -0.25) is 4.31 Å². The van der Waals surface area contributed by atoms with E-state index >= 15 is 0 Å². The molecule has 0 spiro atoms. The second-order valence-corrected chi connectivity index (χ2v) is 3.47. The summed E-state index contributed by atoms with van der Waals surface area (Å²) in [6.45, 7) is 0.953. The molecule has 3 heteroatoms. The first kappa shape index (κ1) is 7.55. The molecule has 0 aliphatic carbocycles. The van der Waals surface area contributed by atoms with Crippen molar-refractivity contribution in [1.82, 2.24) is 9.03 Å². The Bertz CT molecular complexity index is 271. The predicted molar refractivity (Wildman–Crippen MR) is 51.9 cm³/mol. The molecule has 62 valence electrons. The van der Waals surface area contributed by atoms with Crippen LogP contribution >= 0.6 is 12.1 Å². The van der Waals surface area contributed by atoms with Gasteiger partial charge in [-0.05, 0) is 5.56 Å². The van der Waals surface area contributed by atoms with Gasteiger partial charge in [0.05, 0.1) is 18.7 Å². The fourth-order valence-electron chi connectivity index (χ4n) is 1.09. The summed E-state index contributed by atoms with van der Waals surface area (Å²) in [5.41, 5.74) is 1.33. The molecule has 1 aromatic carbocycles. The normalized spacial score (nSPS) is 14.8. The molecule has 0 fully saturated rings. The van der Waals surface area contributed by atoms with Crippen LogP contribution in [0.4, 0.5) is 0 Å². The zero-order valence-electron chi connectivity index (χ0n) is 6.60. The first-order chi connectivity index (χ1) is 5.95. The highest BCUT2D eigenvalue weighted by Gasteiger charge is 2.04. The van der Waals surface area contributed by atoms with Crippen LogP contribution in [0.15, 0.2) is 42.7 Å². The summed E-state index contributed by atoms with van der Waals surface area (Å²) in [7, 11) is 0. The van der Waals surface area contributed by atoms with Crippen molar-refractivity contribution in [2.75, 3.05) is 0 Å². The number of nitrogens with one attached hydrogen (secondary N) is 1. The highest BCUT2D eigenvalue weighted by molar-refractivity contribution is 7.95. The number of hydrogen-bond acceptors (Lipinski definition) is 3. The fraction of sp³-hybridized carbons (Fsp3) is 0.111. The molecule has 1 aliphatic rings. The highest BCUT2D eigenvalue weighted by atomic mass is 32.2. The number of nitrogens with zero attached hydrogens (tertiary/aromatic N) is 1. The summed E-state index contributed by atoms with van der Waals surface area (Å²) in [4.78, 5) is 0. The molecule has 0 aromatic heterocycles. The smallest absolute Gasteiger partial charge is 0.0678 e. The van der Waals surface area contributed by atoms with Crippen LogP contribution in [0.2, 0.25) is 0 Å². The van der Waals surface area contributed by atoms with Crippen molar-refractivity contribution < 1.29 is 0 Å². The third-order valence-electron chi connectivity index (χ3n) is 1.66. The SMILES string of the molecule is C1=CN(Cc2ccccc2)SN1. The Morgan fingerprint density at radius 1 is 1.25 bits per heavy atom. The molecular formula is C9H10N2S. The van der Waals surface area contributed by atoms with Gasteiger partial charge in [0.25, 0.3) is 0 Å². The van der Waals surface area contributed by atoms with Gasteiger partial charge in [-0.15, -0.1) is 0 Å². The largest absolute Gasteiger partial charge is 0.317 e. The lowest BCUT2D eigenvalue weighted by molar-refractivity contribution is 0.627. The number of rotatable bonds is 2. The molecule has 1 N–H and O–H groups in total. The summed E-state index contributed by atoms with van der Waals surface area (Å²) < 4.78 is 5.20. The molecule has 0 bridgehead atoms. The van der Waals surface area contributed by atoms with E-state index in [-0.39, 0.29) is 0 Å². The third-order valence-corrected chi connectivity index (χ3v) is 2.39. The summed E-state index contributed by atoms with van der Waals surface area (Å²) in [6, 6.07) is 10.4. The van der Waals surface area contributed by atoms with Crippen LogP contribution in [0.5, 0.6) is 0 Å². The Labute approximate surface area is 76.5 Å². The van der Waals surface area contributed by atoms with Gasteiger partial charge in [0.2, 0.25) is 0 Å². The van der Waals surface area contributed by atoms with Gasteiger partial charge in [-0.1, -0.05) is 30.3 Å². The molecule has 0 unspecified atom stereocenters. The second kappa shape index (κ2) is 3.54. The maximum absolute atomic E-state index is 3.05. The lowest BCUT2D eigenvalue weighted by Gasteiger charge is -2.11. The van der Waals surface area contributed by atoms with Crippen molar-refractivity contribution >= 4 is 12.1 Å². The van der Waals surface area contributed by atoms with Crippen molar-refractivity contribution in [2.24, 2.45) is 0 Å². The van der Waals surface area contributed by atoms with E-state index in [1.807, 2.05) is 18.5 Å². The van der Waals surface area contributed by atoms with E-state index in [0.717, 1.165) is 6.54 Å². The van der Waals surface area contributed by atoms with E-state index in [9.17, 15) is 0 Å². The standard InChI is InChI=1S/C9H10N2S/c1-2-4-9(5-3-1)8-11-7-6-10-12-11/h1-7,10H,8H2. The van der Waals surface area contributed by atoms with Gasteiger partial charge < -0.3 is 4.72 Å². The minimum absolute atomic E-state index is 0.953. The molecule has 0 atom stereocenters.